The second-order valence-corrected chi connectivity index (χ2v) is 6.97. The van der Waals surface area contributed by atoms with Crippen molar-refractivity contribution in [2.45, 2.75) is 34.1 Å². The van der Waals surface area contributed by atoms with Gasteiger partial charge in [-0.15, -0.1) is 0 Å². The Labute approximate surface area is 163 Å². The van der Waals surface area contributed by atoms with Gasteiger partial charge in [0.25, 0.3) is 0 Å². The first-order valence-electron chi connectivity index (χ1n) is 9.35. The fraction of sp³-hybridized carbons (Fsp3) is 0.240. The highest BCUT2D eigenvalue weighted by atomic mass is 16.1. The minimum Gasteiger partial charge on any atom is -0.330 e. The van der Waals surface area contributed by atoms with Crippen molar-refractivity contribution in [2.75, 3.05) is 6.54 Å². The molecule has 2 heteroatoms. The Morgan fingerprint density at radius 1 is 0.704 bits per heavy atom. The molecule has 0 fully saturated rings. The van der Waals surface area contributed by atoms with Crippen LogP contribution in [0.3, 0.4) is 0 Å². The van der Waals surface area contributed by atoms with Gasteiger partial charge in [-0.2, -0.15) is 0 Å². The van der Waals surface area contributed by atoms with E-state index in [1.165, 1.54) is 27.8 Å². The van der Waals surface area contributed by atoms with Gasteiger partial charge < -0.3 is 5.73 Å². The van der Waals surface area contributed by atoms with E-state index in [4.69, 9.17) is 5.73 Å². The lowest BCUT2D eigenvalue weighted by Crippen LogP contribution is -2.05. The highest BCUT2D eigenvalue weighted by Gasteiger charge is 2.07. The maximum atomic E-state index is 12.1. The SMILES string of the molecule is Cc1ccc(C(=O)c2ccc(C)cc2)cc1.Cc1cccc(C)c1CCN. The van der Waals surface area contributed by atoms with Crippen molar-refractivity contribution in [2.24, 2.45) is 5.73 Å². The van der Waals surface area contributed by atoms with Crippen molar-refractivity contribution < 1.29 is 4.79 Å². The second-order valence-electron chi connectivity index (χ2n) is 6.97. The van der Waals surface area contributed by atoms with Crippen LogP contribution in [-0.2, 0) is 6.42 Å². The van der Waals surface area contributed by atoms with Gasteiger partial charge in [0.1, 0.15) is 0 Å². The predicted molar refractivity (Wildman–Crippen MR) is 114 cm³/mol. The molecule has 0 aliphatic heterocycles. The lowest BCUT2D eigenvalue weighted by Gasteiger charge is -2.06. The van der Waals surface area contributed by atoms with Crippen LogP contribution in [0.15, 0.2) is 66.7 Å². The van der Waals surface area contributed by atoms with Gasteiger partial charge in [-0.25, -0.2) is 0 Å². The Balaban J connectivity index is 0.000000208. The molecule has 0 heterocycles. The number of benzene rings is 3. The van der Waals surface area contributed by atoms with E-state index in [-0.39, 0.29) is 5.78 Å². The standard InChI is InChI=1S/C15H14O.C10H15N/c1-11-3-7-13(8-4-11)15(16)14-9-5-12(2)6-10-14;1-8-4-3-5-9(2)10(8)6-7-11/h3-10H,1-2H3;3-5H,6-7,11H2,1-2H3. The van der Waals surface area contributed by atoms with Crippen molar-refractivity contribution in [3.05, 3.63) is 106 Å². The van der Waals surface area contributed by atoms with Crippen molar-refractivity contribution in [3.63, 3.8) is 0 Å². The molecule has 140 valence electrons. The van der Waals surface area contributed by atoms with Crippen LogP contribution >= 0.6 is 0 Å². The smallest absolute Gasteiger partial charge is 0.193 e. The van der Waals surface area contributed by atoms with Crippen molar-refractivity contribution >= 4 is 5.78 Å². The number of rotatable bonds is 4. The Hall–Kier alpha value is -2.71. The zero-order valence-corrected chi connectivity index (χ0v) is 16.8. The first-order chi connectivity index (χ1) is 12.9. The van der Waals surface area contributed by atoms with Crippen LogP contribution in [0.2, 0.25) is 0 Å². The summed E-state index contributed by atoms with van der Waals surface area (Å²) in [4.78, 5) is 12.1. The molecule has 0 aliphatic carbocycles. The zero-order valence-electron chi connectivity index (χ0n) is 16.8. The summed E-state index contributed by atoms with van der Waals surface area (Å²) in [5.41, 5.74) is 13.4. The quantitative estimate of drug-likeness (QED) is 0.639. The molecule has 3 aromatic carbocycles. The molecule has 0 amide bonds. The Bertz CT molecular complexity index is 809. The number of aryl methyl sites for hydroxylation is 4. The molecule has 0 aromatic heterocycles. The predicted octanol–water partition coefficient (Wildman–Crippen LogP) is 5.34. The third kappa shape index (κ3) is 5.90. The molecule has 0 saturated heterocycles. The fourth-order valence-corrected chi connectivity index (χ4v) is 2.96. The maximum Gasteiger partial charge on any atom is 0.193 e. The van der Waals surface area contributed by atoms with E-state index in [2.05, 4.69) is 32.0 Å². The number of hydrogen-bond acceptors (Lipinski definition) is 2. The molecule has 0 spiro atoms. The first kappa shape index (κ1) is 20.6. The van der Waals surface area contributed by atoms with E-state index in [9.17, 15) is 4.79 Å². The van der Waals surface area contributed by atoms with Crippen LogP contribution in [0.1, 0.15) is 43.7 Å². The Morgan fingerprint density at radius 3 is 1.48 bits per heavy atom. The molecule has 27 heavy (non-hydrogen) atoms. The minimum atomic E-state index is 0.0833. The fourth-order valence-electron chi connectivity index (χ4n) is 2.96. The summed E-state index contributed by atoms with van der Waals surface area (Å²) in [5, 5.41) is 0. The topological polar surface area (TPSA) is 43.1 Å². The Morgan fingerprint density at radius 2 is 1.11 bits per heavy atom. The van der Waals surface area contributed by atoms with Crippen molar-refractivity contribution in [3.8, 4) is 0 Å². The number of nitrogens with two attached hydrogens (primary N) is 1. The molecule has 2 N–H and O–H groups in total. The zero-order chi connectivity index (χ0) is 19.8. The molecular formula is C25H29NO. The van der Waals surface area contributed by atoms with Crippen LogP contribution < -0.4 is 5.73 Å². The summed E-state index contributed by atoms with van der Waals surface area (Å²) in [6, 6.07) is 21.7. The van der Waals surface area contributed by atoms with Crippen LogP contribution in [0.25, 0.3) is 0 Å². The molecule has 0 bridgehead atoms. The van der Waals surface area contributed by atoms with Crippen LogP contribution in [-0.4, -0.2) is 12.3 Å². The molecule has 3 aromatic rings. The van der Waals surface area contributed by atoms with E-state index in [1.54, 1.807) is 0 Å². The van der Waals surface area contributed by atoms with Crippen molar-refractivity contribution in [1.82, 2.24) is 0 Å². The first-order valence-corrected chi connectivity index (χ1v) is 9.35. The number of carbonyl (C=O) groups is 1. The number of hydrogen-bond donors (Lipinski definition) is 1. The molecule has 0 unspecified atom stereocenters. The van der Waals surface area contributed by atoms with Gasteiger partial charge in [0, 0.05) is 11.1 Å². The molecule has 0 saturated carbocycles. The summed E-state index contributed by atoms with van der Waals surface area (Å²) in [6.45, 7) is 9.04. The average Bonchev–Trinajstić information content (AvgIpc) is 2.66. The summed E-state index contributed by atoms with van der Waals surface area (Å²) in [5.74, 6) is 0.0833. The highest BCUT2D eigenvalue weighted by molar-refractivity contribution is 6.08. The largest absolute Gasteiger partial charge is 0.330 e. The molecule has 0 aliphatic rings. The lowest BCUT2D eigenvalue weighted by atomic mass is 10.0. The van der Waals surface area contributed by atoms with Gasteiger partial charge in [0.15, 0.2) is 5.78 Å². The third-order valence-electron chi connectivity index (χ3n) is 4.67. The number of ketones is 1. The molecule has 3 rings (SSSR count). The van der Waals surface area contributed by atoms with Gasteiger partial charge >= 0.3 is 0 Å². The molecule has 0 atom stereocenters. The van der Waals surface area contributed by atoms with Crippen molar-refractivity contribution in [1.29, 1.82) is 0 Å². The van der Waals surface area contributed by atoms with Gasteiger partial charge in [0.05, 0.1) is 0 Å². The van der Waals surface area contributed by atoms with Crippen LogP contribution in [0, 0.1) is 27.7 Å². The monoisotopic (exact) mass is 359 g/mol. The normalized spacial score (nSPS) is 10.1. The maximum absolute atomic E-state index is 12.1. The van der Waals surface area contributed by atoms with E-state index in [1.807, 2.05) is 62.4 Å². The van der Waals surface area contributed by atoms with Gasteiger partial charge in [-0.1, -0.05) is 77.9 Å². The molecule has 0 radical (unpaired) electrons. The third-order valence-corrected chi connectivity index (χ3v) is 4.67. The average molecular weight is 360 g/mol. The van der Waals surface area contributed by atoms with E-state index in [0.717, 1.165) is 24.1 Å². The summed E-state index contributed by atoms with van der Waals surface area (Å²) >= 11 is 0. The van der Waals surface area contributed by atoms with E-state index in [0.29, 0.717) is 0 Å². The van der Waals surface area contributed by atoms with Gasteiger partial charge in [0.2, 0.25) is 0 Å². The van der Waals surface area contributed by atoms with Gasteiger partial charge in [-0.05, 0) is 57.4 Å². The minimum absolute atomic E-state index is 0.0833. The highest BCUT2D eigenvalue weighted by Crippen LogP contribution is 2.13. The molecule has 2 nitrogen and oxygen atoms in total. The summed E-state index contributed by atoms with van der Waals surface area (Å²) in [7, 11) is 0. The summed E-state index contributed by atoms with van der Waals surface area (Å²) < 4.78 is 0. The van der Waals surface area contributed by atoms with E-state index >= 15 is 0 Å². The van der Waals surface area contributed by atoms with E-state index < -0.39 is 0 Å². The molecular weight excluding hydrogens is 330 g/mol. The van der Waals surface area contributed by atoms with Crippen LogP contribution in [0.5, 0.6) is 0 Å². The second kappa shape index (κ2) is 9.84. The van der Waals surface area contributed by atoms with Gasteiger partial charge in [-0.3, -0.25) is 4.79 Å². The van der Waals surface area contributed by atoms with Crippen LogP contribution in [0.4, 0.5) is 0 Å². The number of carbonyl (C=O) groups excluding carboxylic acids is 1. The summed E-state index contributed by atoms with van der Waals surface area (Å²) in [6.07, 6.45) is 0.999. The Kier molecular flexibility index (Phi) is 7.51. The lowest BCUT2D eigenvalue weighted by molar-refractivity contribution is 0.103.